The molecule has 0 aliphatic carbocycles. The Labute approximate surface area is 162 Å². The zero-order valence-electron chi connectivity index (χ0n) is 13.7. The van der Waals surface area contributed by atoms with E-state index in [1.165, 1.54) is 11.8 Å². The highest BCUT2D eigenvalue weighted by Crippen LogP contribution is 2.25. The molecular weight excluding hydrogens is 416 g/mol. The van der Waals surface area contributed by atoms with Gasteiger partial charge in [-0.2, -0.15) is 4.68 Å². The van der Waals surface area contributed by atoms with Crippen molar-refractivity contribution in [2.75, 3.05) is 0 Å². The first-order chi connectivity index (χ1) is 12.7. The van der Waals surface area contributed by atoms with Gasteiger partial charge < -0.3 is 4.42 Å². The first-order valence-corrected chi connectivity index (χ1v) is 9.54. The summed E-state index contributed by atoms with van der Waals surface area (Å²) in [6.45, 7) is 2.02. The Morgan fingerprint density at radius 3 is 2.65 bits per heavy atom. The number of hydrogen-bond acceptors (Lipinski definition) is 7. The molecular formula is C17H13BrN6OS. The van der Waals surface area contributed by atoms with Crippen LogP contribution < -0.4 is 0 Å². The van der Waals surface area contributed by atoms with Crippen molar-refractivity contribution in [1.82, 2.24) is 30.4 Å². The molecule has 26 heavy (non-hydrogen) atoms. The topological polar surface area (TPSA) is 82.5 Å². The number of aryl methyl sites for hydroxylation is 1. The molecule has 0 spiro atoms. The summed E-state index contributed by atoms with van der Waals surface area (Å²) in [5.41, 5.74) is 2.92. The normalized spacial score (nSPS) is 11.0. The fourth-order valence-corrected chi connectivity index (χ4v) is 3.35. The number of tetrazole rings is 1. The lowest BCUT2D eigenvalue weighted by Gasteiger charge is -2.06. The Hall–Kier alpha value is -2.52. The Morgan fingerprint density at radius 2 is 1.85 bits per heavy atom. The van der Waals surface area contributed by atoms with E-state index < -0.39 is 0 Å². The monoisotopic (exact) mass is 428 g/mol. The molecule has 2 aromatic carbocycles. The van der Waals surface area contributed by atoms with E-state index in [1.54, 1.807) is 4.68 Å². The summed E-state index contributed by atoms with van der Waals surface area (Å²) in [7, 11) is 0. The van der Waals surface area contributed by atoms with Crippen LogP contribution in [0.1, 0.15) is 11.5 Å². The van der Waals surface area contributed by atoms with Crippen LogP contribution in [0.2, 0.25) is 0 Å². The van der Waals surface area contributed by atoms with Crippen molar-refractivity contribution in [1.29, 1.82) is 0 Å². The fourth-order valence-electron chi connectivity index (χ4n) is 2.37. The first-order valence-electron chi connectivity index (χ1n) is 7.76. The Morgan fingerprint density at radius 1 is 1.04 bits per heavy atom. The third kappa shape index (κ3) is 3.54. The average Bonchev–Trinajstić information content (AvgIpc) is 3.30. The van der Waals surface area contributed by atoms with Gasteiger partial charge in [0.15, 0.2) is 0 Å². The minimum atomic E-state index is 0.482. The smallest absolute Gasteiger partial charge is 0.247 e. The molecule has 9 heteroatoms. The molecule has 0 radical (unpaired) electrons. The number of hydrogen-bond donors (Lipinski definition) is 0. The molecule has 0 saturated heterocycles. The Balaban J connectivity index is 1.50. The van der Waals surface area contributed by atoms with Crippen molar-refractivity contribution in [2.45, 2.75) is 17.8 Å². The van der Waals surface area contributed by atoms with Gasteiger partial charge in [0.2, 0.25) is 16.9 Å². The highest BCUT2D eigenvalue weighted by atomic mass is 79.9. The van der Waals surface area contributed by atoms with Gasteiger partial charge in [-0.05, 0) is 53.2 Å². The van der Waals surface area contributed by atoms with Crippen molar-refractivity contribution in [3.63, 3.8) is 0 Å². The Kier molecular flexibility index (Phi) is 4.81. The van der Waals surface area contributed by atoms with Crippen LogP contribution in [-0.4, -0.2) is 30.4 Å². The van der Waals surface area contributed by atoms with Gasteiger partial charge in [-0.25, -0.2) is 0 Å². The minimum absolute atomic E-state index is 0.482. The van der Waals surface area contributed by atoms with Crippen LogP contribution in [-0.2, 0) is 5.75 Å². The van der Waals surface area contributed by atoms with Crippen molar-refractivity contribution >= 4 is 27.7 Å². The summed E-state index contributed by atoms with van der Waals surface area (Å²) < 4.78 is 8.45. The summed E-state index contributed by atoms with van der Waals surface area (Å²) in [5.74, 6) is 1.49. The van der Waals surface area contributed by atoms with Gasteiger partial charge in [0, 0.05) is 10.0 Å². The fraction of sp³-hybridized carbons (Fsp3) is 0.118. The summed E-state index contributed by atoms with van der Waals surface area (Å²) in [5, 5.41) is 20.8. The third-order valence-electron chi connectivity index (χ3n) is 3.67. The minimum Gasteiger partial charge on any atom is -0.420 e. The van der Waals surface area contributed by atoms with E-state index in [2.05, 4.69) is 41.7 Å². The van der Waals surface area contributed by atoms with Gasteiger partial charge in [-0.1, -0.05) is 45.9 Å². The Bertz CT molecular complexity index is 1030. The van der Waals surface area contributed by atoms with E-state index in [9.17, 15) is 0 Å². The molecule has 130 valence electrons. The lowest BCUT2D eigenvalue weighted by molar-refractivity contribution is 0.528. The number of para-hydroxylation sites is 1. The number of benzene rings is 2. The summed E-state index contributed by atoms with van der Waals surface area (Å²) in [6.07, 6.45) is 0. The van der Waals surface area contributed by atoms with Crippen LogP contribution in [0.4, 0.5) is 0 Å². The lowest BCUT2D eigenvalue weighted by Crippen LogP contribution is -2.01. The van der Waals surface area contributed by atoms with Crippen LogP contribution in [0, 0.1) is 6.92 Å². The van der Waals surface area contributed by atoms with Crippen molar-refractivity contribution in [2.24, 2.45) is 0 Å². The molecule has 0 unspecified atom stereocenters. The molecule has 0 N–H and O–H groups in total. The molecule has 4 aromatic rings. The van der Waals surface area contributed by atoms with Gasteiger partial charge >= 0.3 is 0 Å². The van der Waals surface area contributed by atoms with E-state index in [-0.39, 0.29) is 0 Å². The number of halogens is 1. The molecule has 0 saturated carbocycles. The number of rotatable bonds is 5. The van der Waals surface area contributed by atoms with Gasteiger partial charge in [-0.3, -0.25) is 0 Å². The second-order valence-corrected chi connectivity index (χ2v) is 7.31. The zero-order chi connectivity index (χ0) is 17.9. The summed E-state index contributed by atoms with van der Waals surface area (Å²) in [4.78, 5) is 0. The second-order valence-electron chi connectivity index (χ2n) is 5.46. The quantitative estimate of drug-likeness (QED) is 0.442. The standard InChI is InChI=1S/C17H13BrN6OS/c1-11-4-2-3-5-14(11)24-17(21-22-23-24)26-10-15-19-20-16(25-15)12-6-8-13(18)9-7-12/h2-9H,10H2,1H3. The molecule has 4 rings (SSSR count). The maximum absolute atomic E-state index is 5.74. The van der Waals surface area contributed by atoms with Crippen LogP contribution in [0.15, 0.2) is 62.6 Å². The molecule has 0 aliphatic heterocycles. The molecule has 0 atom stereocenters. The van der Waals surface area contributed by atoms with Crippen LogP contribution >= 0.6 is 27.7 Å². The molecule has 0 amide bonds. The number of aromatic nitrogens is 6. The maximum Gasteiger partial charge on any atom is 0.247 e. The molecule has 0 aliphatic rings. The van der Waals surface area contributed by atoms with E-state index in [1.807, 2.05) is 55.5 Å². The molecule has 2 aromatic heterocycles. The number of thioether (sulfide) groups is 1. The van der Waals surface area contributed by atoms with E-state index in [0.29, 0.717) is 22.7 Å². The molecule has 7 nitrogen and oxygen atoms in total. The third-order valence-corrected chi connectivity index (χ3v) is 5.10. The van der Waals surface area contributed by atoms with Gasteiger partial charge in [0.05, 0.1) is 11.4 Å². The predicted molar refractivity (Wildman–Crippen MR) is 101 cm³/mol. The van der Waals surface area contributed by atoms with E-state index in [4.69, 9.17) is 4.42 Å². The predicted octanol–water partition coefficient (Wildman–Crippen LogP) is 4.08. The van der Waals surface area contributed by atoms with Crippen molar-refractivity contribution in [3.05, 3.63) is 64.5 Å². The second kappa shape index (κ2) is 7.38. The number of nitrogens with zero attached hydrogens (tertiary/aromatic N) is 6. The largest absolute Gasteiger partial charge is 0.420 e. The highest BCUT2D eigenvalue weighted by molar-refractivity contribution is 9.10. The van der Waals surface area contributed by atoms with Gasteiger partial charge in [0.1, 0.15) is 0 Å². The first kappa shape index (κ1) is 16.9. The molecule has 0 bridgehead atoms. The highest BCUT2D eigenvalue weighted by Gasteiger charge is 2.14. The molecule has 0 fully saturated rings. The van der Waals surface area contributed by atoms with Gasteiger partial charge in [-0.15, -0.1) is 15.3 Å². The van der Waals surface area contributed by atoms with Crippen LogP contribution in [0.25, 0.3) is 17.1 Å². The van der Waals surface area contributed by atoms with Crippen molar-refractivity contribution < 1.29 is 4.42 Å². The summed E-state index contributed by atoms with van der Waals surface area (Å²) >= 11 is 4.85. The lowest BCUT2D eigenvalue weighted by atomic mass is 10.2. The maximum atomic E-state index is 5.74. The van der Waals surface area contributed by atoms with Gasteiger partial charge in [0.25, 0.3) is 0 Å². The van der Waals surface area contributed by atoms with E-state index in [0.717, 1.165) is 21.3 Å². The SMILES string of the molecule is Cc1ccccc1-n1nnnc1SCc1nnc(-c2ccc(Br)cc2)o1. The van der Waals surface area contributed by atoms with E-state index >= 15 is 0 Å². The average molecular weight is 429 g/mol. The van der Waals surface area contributed by atoms with Crippen LogP contribution in [0.3, 0.4) is 0 Å². The van der Waals surface area contributed by atoms with Crippen molar-refractivity contribution in [3.8, 4) is 17.1 Å². The summed E-state index contributed by atoms with van der Waals surface area (Å²) in [6, 6.07) is 15.7. The molecule has 2 heterocycles. The van der Waals surface area contributed by atoms with Crippen LogP contribution in [0.5, 0.6) is 0 Å². The zero-order valence-corrected chi connectivity index (χ0v) is 16.1.